The summed E-state index contributed by atoms with van der Waals surface area (Å²) in [5, 5.41) is 2.69. The zero-order valence-electron chi connectivity index (χ0n) is 16.7. The number of nitrogens with zero attached hydrogens (tertiary/aromatic N) is 3. The lowest BCUT2D eigenvalue weighted by Gasteiger charge is -2.10. The summed E-state index contributed by atoms with van der Waals surface area (Å²) in [6, 6.07) is 18.3. The molecule has 0 atom stereocenters. The van der Waals surface area contributed by atoms with Gasteiger partial charge in [-0.1, -0.05) is 12.1 Å². The largest absolute Gasteiger partial charge is 0.481 e. The van der Waals surface area contributed by atoms with Crippen molar-refractivity contribution in [2.75, 3.05) is 11.9 Å². The number of rotatable bonds is 7. The fourth-order valence-electron chi connectivity index (χ4n) is 2.83. The van der Waals surface area contributed by atoms with Gasteiger partial charge in [0.15, 0.2) is 18.2 Å². The third kappa shape index (κ3) is 5.24. The van der Waals surface area contributed by atoms with Crippen molar-refractivity contribution in [3.8, 4) is 23.2 Å². The van der Waals surface area contributed by atoms with E-state index in [1.165, 1.54) is 12.1 Å². The summed E-state index contributed by atoms with van der Waals surface area (Å²) in [7, 11) is 0. The first-order valence-electron chi connectivity index (χ1n) is 9.51. The van der Waals surface area contributed by atoms with Gasteiger partial charge in [-0.15, -0.1) is 0 Å². The van der Waals surface area contributed by atoms with E-state index in [2.05, 4.69) is 15.3 Å². The number of para-hydroxylation sites is 1. The fraction of sp³-hybridized carbons (Fsp3) is 0.0870. The summed E-state index contributed by atoms with van der Waals surface area (Å²) in [5.74, 6) is 1.35. The van der Waals surface area contributed by atoms with E-state index in [0.717, 1.165) is 0 Å². The predicted octanol–water partition coefficient (Wildman–Crippen LogP) is 4.52. The molecule has 2 heterocycles. The Bertz CT molecular complexity index is 1180. The quantitative estimate of drug-likeness (QED) is 0.477. The highest BCUT2D eigenvalue weighted by molar-refractivity contribution is 5.91. The molecular weight excluding hydrogens is 399 g/mol. The molecule has 2 aromatic heterocycles. The van der Waals surface area contributed by atoms with Crippen LogP contribution in [0.4, 0.5) is 10.1 Å². The number of anilines is 1. The normalized spacial score (nSPS) is 10.5. The molecule has 1 N–H and O–H groups in total. The highest BCUT2D eigenvalue weighted by Crippen LogP contribution is 2.23. The second kappa shape index (κ2) is 9.08. The van der Waals surface area contributed by atoms with Crippen LogP contribution in [0, 0.1) is 12.7 Å². The van der Waals surface area contributed by atoms with E-state index >= 15 is 0 Å². The van der Waals surface area contributed by atoms with Crippen LogP contribution in [-0.4, -0.2) is 27.0 Å². The summed E-state index contributed by atoms with van der Waals surface area (Å²) < 4.78 is 26.4. The van der Waals surface area contributed by atoms with Crippen LogP contribution in [0.15, 0.2) is 79.1 Å². The van der Waals surface area contributed by atoms with Gasteiger partial charge in [0.05, 0.1) is 0 Å². The number of amides is 1. The summed E-state index contributed by atoms with van der Waals surface area (Å²) >= 11 is 0. The van der Waals surface area contributed by atoms with Gasteiger partial charge in [0.1, 0.15) is 17.4 Å². The SMILES string of the molecule is Cc1nc(Oc2ccc(NC(=O)COc3ccccc3F)cc2)cc(-n2cccc2)n1. The number of hydrogen-bond donors (Lipinski definition) is 1. The second-order valence-electron chi connectivity index (χ2n) is 6.60. The Kier molecular flexibility index (Phi) is 5.89. The molecule has 0 saturated heterocycles. The van der Waals surface area contributed by atoms with Crippen molar-refractivity contribution in [1.29, 1.82) is 0 Å². The van der Waals surface area contributed by atoms with Crippen molar-refractivity contribution < 1.29 is 18.7 Å². The van der Waals surface area contributed by atoms with Gasteiger partial charge >= 0.3 is 0 Å². The highest BCUT2D eigenvalue weighted by Gasteiger charge is 2.08. The van der Waals surface area contributed by atoms with Gasteiger partial charge in [0.2, 0.25) is 5.88 Å². The molecule has 0 bridgehead atoms. The minimum atomic E-state index is -0.517. The molecule has 0 aliphatic rings. The van der Waals surface area contributed by atoms with E-state index in [4.69, 9.17) is 9.47 Å². The number of carbonyl (C=O) groups is 1. The van der Waals surface area contributed by atoms with Crippen LogP contribution in [0.3, 0.4) is 0 Å². The van der Waals surface area contributed by atoms with Crippen LogP contribution in [0.25, 0.3) is 5.82 Å². The lowest BCUT2D eigenvalue weighted by molar-refractivity contribution is -0.118. The number of benzene rings is 2. The average Bonchev–Trinajstić information content (AvgIpc) is 3.29. The number of ether oxygens (including phenoxy) is 2. The first-order chi connectivity index (χ1) is 15.1. The summed E-state index contributed by atoms with van der Waals surface area (Å²) in [6.45, 7) is 1.49. The Morgan fingerprint density at radius 3 is 2.52 bits per heavy atom. The number of halogens is 1. The zero-order valence-corrected chi connectivity index (χ0v) is 16.7. The monoisotopic (exact) mass is 418 g/mol. The molecule has 0 saturated carbocycles. The molecule has 31 heavy (non-hydrogen) atoms. The van der Waals surface area contributed by atoms with Crippen LogP contribution < -0.4 is 14.8 Å². The first kappa shape index (κ1) is 20.1. The molecule has 0 fully saturated rings. The maximum absolute atomic E-state index is 13.5. The van der Waals surface area contributed by atoms with E-state index in [0.29, 0.717) is 29.0 Å². The smallest absolute Gasteiger partial charge is 0.262 e. The standard InChI is InChI=1S/C23H19FN4O3/c1-16-25-21(28-12-4-5-13-28)14-23(26-16)31-18-10-8-17(9-11-18)27-22(29)15-30-20-7-3-2-6-19(20)24/h2-14H,15H2,1H3,(H,27,29). The molecule has 0 aliphatic heterocycles. The van der Waals surface area contributed by atoms with Crippen molar-refractivity contribution in [3.05, 3.63) is 90.8 Å². The van der Waals surface area contributed by atoms with E-state index in [9.17, 15) is 9.18 Å². The highest BCUT2D eigenvalue weighted by atomic mass is 19.1. The Morgan fingerprint density at radius 2 is 1.77 bits per heavy atom. The summed E-state index contributed by atoms with van der Waals surface area (Å²) in [5.41, 5.74) is 0.557. The number of aromatic nitrogens is 3. The van der Waals surface area contributed by atoms with Crippen LogP contribution >= 0.6 is 0 Å². The number of carbonyl (C=O) groups excluding carboxylic acids is 1. The van der Waals surface area contributed by atoms with Gasteiger partial charge in [0, 0.05) is 24.1 Å². The second-order valence-corrected chi connectivity index (χ2v) is 6.60. The van der Waals surface area contributed by atoms with Gasteiger partial charge in [-0.25, -0.2) is 9.37 Å². The molecule has 8 heteroatoms. The molecule has 4 aromatic rings. The number of aryl methyl sites for hydroxylation is 1. The molecule has 4 rings (SSSR count). The molecular formula is C23H19FN4O3. The molecule has 7 nitrogen and oxygen atoms in total. The Balaban J connectivity index is 1.36. The minimum absolute atomic E-state index is 0.0285. The van der Waals surface area contributed by atoms with Gasteiger partial charge < -0.3 is 19.4 Å². The summed E-state index contributed by atoms with van der Waals surface area (Å²) in [6.07, 6.45) is 3.78. The predicted molar refractivity (Wildman–Crippen MR) is 113 cm³/mol. The molecule has 156 valence electrons. The molecule has 2 aromatic carbocycles. The molecule has 0 unspecified atom stereocenters. The number of hydrogen-bond acceptors (Lipinski definition) is 5. The first-order valence-corrected chi connectivity index (χ1v) is 9.51. The van der Waals surface area contributed by atoms with Gasteiger partial charge in [0.25, 0.3) is 5.91 Å². The average molecular weight is 418 g/mol. The van der Waals surface area contributed by atoms with Gasteiger partial charge in [-0.3, -0.25) is 4.79 Å². The van der Waals surface area contributed by atoms with Crippen LogP contribution in [0.5, 0.6) is 17.4 Å². The lowest BCUT2D eigenvalue weighted by Crippen LogP contribution is -2.20. The molecule has 0 aliphatic carbocycles. The number of nitrogens with one attached hydrogen (secondary N) is 1. The van der Waals surface area contributed by atoms with Crippen molar-refractivity contribution in [2.24, 2.45) is 0 Å². The zero-order chi connectivity index (χ0) is 21.6. The maximum atomic E-state index is 13.5. The van der Waals surface area contributed by atoms with Crippen molar-refractivity contribution in [2.45, 2.75) is 6.92 Å². The Hall–Kier alpha value is -4.20. The molecule has 1 amide bonds. The van der Waals surface area contributed by atoms with Crippen molar-refractivity contribution in [1.82, 2.24) is 14.5 Å². The maximum Gasteiger partial charge on any atom is 0.262 e. The van der Waals surface area contributed by atoms with Gasteiger partial charge in [-0.05, 0) is 55.5 Å². The van der Waals surface area contributed by atoms with Gasteiger partial charge in [-0.2, -0.15) is 4.98 Å². The van der Waals surface area contributed by atoms with Crippen molar-refractivity contribution in [3.63, 3.8) is 0 Å². The lowest BCUT2D eigenvalue weighted by atomic mass is 10.3. The topological polar surface area (TPSA) is 78.3 Å². The van der Waals surface area contributed by atoms with Crippen LogP contribution in [-0.2, 0) is 4.79 Å². The van der Waals surface area contributed by atoms with Crippen LogP contribution in [0.2, 0.25) is 0 Å². The Morgan fingerprint density at radius 1 is 1.03 bits per heavy atom. The van der Waals surface area contributed by atoms with Crippen molar-refractivity contribution >= 4 is 11.6 Å². The molecule has 0 radical (unpaired) electrons. The van der Waals surface area contributed by atoms with Crippen LogP contribution in [0.1, 0.15) is 5.82 Å². The Labute approximate surface area is 178 Å². The van der Waals surface area contributed by atoms with E-state index < -0.39 is 11.7 Å². The van der Waals surface area contributed by atoms with E-state index in [1.807, 2.05) is 29.1 Å². The van der Waals surface area contributed by atoms with E-state index in [1.54, 1.807) is 49.4 Å². The summed E-state index contributed by atoms with van der Waals surface area (Å²) in [4.78, 5) is 20.8. The van der Waals surface area contributed by atoms with E-state index in [-0.39, 0.29) is 12.4 Å². The fourth-order valence-corrected chi connectivity index (χ4v) is 2.83. The third-order valence-corrected chi connectivity index (χ3v) is 4.23. The minimum Gasteiger partial charge on any atom is -0.481 e. The molecule has 0 spiro atoms. The third-order valence-electron chi connectivity index (χ3n) is 4.23.